The van der Waals surface area contributed by atoms with Gasteiger partial charge in [0.1, 0.15) is 5.71 Å². The summed E-state index contributed by atoms with van der Waals surface area (Å²) in [5, 5.41) is 7.33. The lowest BCUT2D eigenvalue weighted by Gasteiger charge is -2.20. The zero-order valence-electron chi connectivity index (χ0n) is 18.0. The van der Waals surface area contributed by atoms with E-state index in [-0.39, 0.29) is 0 Å². The molecule has 158 valence electrons. The third-order valence-electron chi connectivity index (χ3n) is 4.98. The van der Waals surface area contributed by atoms with Crippen molar-refractivity contribution in [1.29, 1.82) is 0 Å². The number of rotatable bonds is 8. The summed E-state index contributed by atoms with van der Waals surface area (Å²) in [4.78, 5) is 14.8. The highest BCUT2D eigenvalue weighted by Crippen LogP contribution is 2.18. The van der Waals surface area contributed by atoms with Crippen LogP contribution in [0.2, 0.25) is 0 Å². The first-order chi connectivity index (χ1) is 15.2. The highest BCUT2D eigenvalue weighted by Gasteiger charge is 2.08. The molecule has 31 heavy (non-hydrogen) atoms. The van der Waals surface area contributed by atoms with Gasteiger partial charge in [0.2, 0.25) is 5.13 Å². The number of para-hydroxylation sites is 2. The second-order valence-electron chi connectivity index (χ2n) is 7.10. The van der Waals surface area contributed by atoms with Crippen molar-refractivity contribution in [1.82, 2.24) is 15.0 Å². The topological polar surface area (TPSA) is 69.2 Å². The third kappa shape index (κ3) is 5.00. The largest absolute Gasteiger partial charge is 0.372 e. The first-order valence-corrected chi connectivity index (χ1v) is 11.3. The normalized spacial score (nSPS) is 12.0. The summed E-state index contributed by atoms with van der Waals surface area (Å²) in [5.74, 6) is 0.706. The number of aromatic amines is 1. The molecular formula is C24H26N6S. The number of fused-ring (bicyclic) bond motifs is 1. The van der Waals surface area contributed by atoms with Crippen molar-refractivity contribution in [3.63, 3.8) is 0 Å². The minimum atomic E-state index is 0.705. The molecule has 6 nitrogen and oxygen atoms in total. The standard InChI is InChI=1S/C24H26N6S/c1-4-30(5-2)19-13-10-18(11-14-19)12-15-22(28-29-24-25-17(3)16-31-24)23-26-20-8-6-7-9-21(20)27-23/h6-16H,4-5H2,1-3H3,(H,25,29)(H,26,27)/b15-12+,28-22-. The molecule has 0 aliphatic rings. The first-order valence-electron chi connectivity index (χ1n) is 10.4. The number of benzene rings is 2. The lowest BCUT2D eigenvalue weighted by molar-refractivity contribution is 0.866. The number of nitrogens with one attached hydrogen (secondary N) is 2. The quantitative estimate of drug-likeness (QED) is 0.278. The molecule has 0 radical (unpaired) electrons. The fraction of sp³-hybridized carbons (Fsp3) is 0.208. The Morgan fingerprint density at radius 3 is 2.55 bits per heavy atom. The summed E-state index contributed by atoms with van der Waals surface area (Å²) in [6.45, 7) is 8.30. The molecule has 7 heteroatoms. The van der Waals surface area contributed by atoms with Crippen molar-refractivity contribution in [2.75, 3.05) is 23.4 Å². The predicted octanol–water partition coefficient (Wildman–Crippen LogP) is 5.70. The van der Waals surface area contributed by atoms with Gasteiger partial charge in [0.15, 0.2) is 5.82 Å². The van der Waals surface area contributed by atoms with Crippen LogP contribution in [-0.4, -0.2) is 33.8 Å². The first kappa shape index (κ1) is 20.8. The van der Waals surface area contributed by atoms with Gasteiger partial charge in [-0.25, -0.2) is 9.97 Å². The van der Waals surface area contributed by atoms with E-state index < -0.39 is 0 Å². The molecule has 0 fully saturated rings. The van der Waals surface area contributed by atoms with Gasteiger partial charge in [-0.05, 0) is 56.7 Å². The number of aryl methyl sites for hydroxylation is 1. The Morgan fingerprint density at radius 1 is 1.10 bits per heavy atom. The fourth-order valence-corrected chi connectivity index (χ4v) is 3.95. The van der Waals surface area contributed by atoms with Crippen LogP contribution in [0.1, 0.15) is 30.9 Å². The SMILES string of the molecule is CCN(CC)c1ccc(/C=C/C(=N/Nc2nc(C)cs2)c2nc3ccccc3[nH]2)cc1. The predicted molar refractivity (Wildman–Crippen MR) is 132 cm³/mol. The van der Waals surface area contributed by atoms with E-state index in [0.717, 1.165) is 40.5 Å². The lowest BCUT2D eigenvalue weighted by Crippen LogP contribution is -2.21. The molecule has 0 aliphatic carbocycles. The maximum atomic E-state index is 4.70. The van der Waals surface area contributed by atoms with E-state index in [1.807, 2.05) is 48.7 Å². The van der Waals surface area contributed by atoms with Crippen LogP contribution in [0, 0.1) is 6.92 Å². The molecule has 0 unspecified atom stereocenters. The summed E-state index contributed by atoms with van der Waals surface area (Å²) >= 11 is 1.53. The van der Waals surface area contributed by atoms with Crippen molar-refractivity contribution in [3.8, 4) is 0 Å². The van der Waals surface area contributed by atoms with Crippen LogP contribution in [0.25, 0.3) is 17.1 Å². The molecule has 2 N–H and O–H groups in total. The van der Waals surface area contributed by atoms with Gasteiger partial charge in [-0.2, -0.15) is 5.10 Å². The maximum Gasteiger partial charge on any atom is 0.203 e. The van der Waals surface area contributed by atoms with Crippen LogP contribution in [0.3, 0.4) is 0 Å². The number of imidazole rings is 1. The summed E-state index contributed by atoms with van der Waals surface area (Å²) < 4.78 is 0. The van der Waals surface area contributed by atoms with Crippen molar-refractivity contribution < 1.29 is 0 Å². The van der Waals surface area contributed by atoms with E-state index in [2.05, 4.69) is 63.5 Å². The Balaban J connectivity index is 1.62. The molecule has 0 saturated carbocycles. The van der Waals surface area contributed by atoms with Crippen LogP contribution < -0.4 is 10.3 Å². The number of allylic oxidation sites excluding steroid dienone is 1. The van der Waals surface area contributed by atoms with E-state index in [4.69, 9.17) is 4.98 Å². The zero-order chi connectivity index (χ0) is 21.6. The molecular weight excluding hydrogens is 404 g/mol. The lowest BCUT2D eigenvalue weighted by atomic mass is 10.1. The number of H-pyrrole nitrogens is 1. The second-order valence-corrected chi connectivity index (χ2v) is 7.96. The van der Waals surface area contributed by atoms with Crippen molar-refractivity contribution in [2.24, 2.45) is 5.10 Å². The number of hydrogen-bond acceptors (Lipinski definition) is 6. The van der Waals surface area contributed by atoms with Crippen molar-refractivity contribution in [2.45, 2.75) is 20.8 Å². The van der Waals surface area contributed by atoms with E-state index >= 15 is 0 Å². The Bertz CT molecular complexity index is 1170. The molecule has 4 rings (SSSR count). The van der Waals surface area contributed by atoms with Crippen LogP contribution in [0.15, 0.2) is 65.1 Å². The molecule has 2 heterocycles. The molecule has 0 saturated heterocycles. The number of anilines is 2. The van der Waals surface area contributed by atoms with Gasteiger partial charge in [0, 0.05) is 24.2 Å². The van der Waals surface area contributed by atoms with Gasteiger partial charge in [0.25, 0.3) is 0 Å². The summed E-state index contributed by atoms with van der Waals surface area (Å²) in [5.41, 5.74) is 8.96. The van der Waals surface area contributed by atoms with Crippen LogP contribution in [0.5, 0.6) is 0 Å². The van der Waals surface area contributed by atoms with Crippen molar-refractivity contribution in [3.05, 3.63) is 77.1 Å². The highest BCUT2D eigenvalue weighted by atomic mass is 32.1. The van der Waals surface area contributed by atoms with Gasteiger partial charge in [-0.3, -0.25) is 5.43 Å². The fourth-order valence-electron chi connectivity index (χ4n) is 3.32. The molecule has 0 atom stereocenters. The van der Waals surface area contributed by atoms with E-state index in [1.54, 1.807) is 0 Å². The Labute approximate surface area is 186 Å². The molecule has 0 bridgehead atoms. The Hall–Kier alpha value is -3.45. The monoisotopic (exact) mass is 430 g/mol. The zero-order valence-corrected chi connectivity index (χ0v) is 18.8. The summed E-state index contributed by atoms with van der Waals surface area (Å²) in [7, 11) is 0. The number of hydrazone groups is 1. The molecule has 0 spiro atoms. The number of nitrogens with zero attached hydrogens (tertiary/aromatic N) is 4. The number of aromatic nitrogens is 3. The summed E-state index contributed by atoms with van der Waals surface area (Å²) in [6.07, 6.45) is 4.02. The molecule has 4 aromatic rings. The van der Waals surface area contributed by atoms with E-state index in [9.17, 15) is 0 Å². The van der Waals surface area contributed by atoms with Crippen LogP contribution in [0.4, 0.5) is 10.8 Å². The second kappa shape index (κ2) is 9.57. The third-order valence-corrected chi connectivity index (χ3v) is 5.84. The highest BCUT2D eigenvalue weighted by molar-refractivity contribution is 7.13. The Kier molecular flexibility index (Phi) is 6.43. The molecule has 0 amide bonds. The smallest absolute Gasteiger partial charge is 0.203 e. The van der Waals surface area contributed by atoms with Gasteiger partial charge in [-0.1, -0.05) is 30.3 Å². The molecule has 2 aromatic heterocycles. The van der Waals surface area contributed by atoms with Crippen LogP contribution in [-0.2, 0) is 0 Å². The number of hydrogen-bond donors (Lipinski definition) is 2. The average molecular weight is 431 g/mol. The van der Waals surface area contributed by atoms with Gasteiger partial charge >= 0.3 is 0 Å². The van der Waals surface area contributed by atoms with Crippen LogP contribution >= 0.6 is 11.3 Å². The molecule has 0 aliphatic heterocycles. The number of thiazole rings is 1. The van der Waals surface area contributed by atoms with Gasteiger partial charge in [0.05, 0.1) is 16.7 Å². The summed E-state index contributed by atoms with van der Waals surface area (Å²) in [6, 6.07) is 16.5. The molecule has 2 aromatic carbocycles. The van der Waals surface area contributed by atoms with E-state index in [0.29, 0.717) is 11.5 Å². The van der Waals surface area contributed by atoms with Crippen molar-refractivity contribution >= 4 is 45.0 Å². The average Bonchev–Trinajstić information content (AvgIpc) is 3.41. The van der Waals surface area contributed by atoms with E-state index in [1.165, 1.54) is 17.0 Å². The Morgan fingerprint density at radius 2 is 1.87 bits per heavy atom. The minimum Gasteiger partial charge on any atom is -0.372 e. The van der Waals surface area contributed by atoms with Gasteiger partial charge in [-0.15, -0.1) is 11.3 Å². The van der Waals surface area contributed by atoms with Gasteiger partial charge < -0.3 is 9.88 Å². The maximum absolute atomic E-state index is 4.70. The minimum absolute atomic E-state index is 0.705.